The van der Waals surface area contributed by atoms with Crippen LogP contribution in [-0.2, 0) is 26.5 Å². The zero-order valence-corrected chi connectivity index (χ0v) is 37.7. The van der Waals surface area contributed by atoms with Crippen LogP contribution in [0.25, 0.3) is 66.7 Å². The first-order valence-corrected chi connectivity index (χ1v) is 23.4. The summed E-state index contributed by atoms with van der Waals surface area (Å²) in [6.45, 7) is 18.5. The molecule has 0 aliphatic rings. The van der Waals surface area contributed by atoms with Gasteiger partial charge < -0.3 is 14.4 Å². The normalized spacial score (nSPS) is 12.0. The maximum atomic E-state index is 6.38. The summed E-state index contributed by atoms with van der Waals surface area (Å²) in [6, 6.07) is 51.1. The van der Waals surface area contributed by atoms with Crippen molar-refractivity contribution in [2.45, 2.75) is 66.6 Å². The smallest absolute Gasteiger partial charge is 0.121 e. The maximum Gasteiger partial charge on any atom is 0.121 e. The number of hydrogen-bond donors (Lipinski definition) is 0. The molecule has 291 valence electrons. The second kappa shape index (κ2) is 18.1. The fourth-order valence-corrected chi connectivity index (χ4v) is 8.91. The van der Waals surface area contributed by atoms with Gasteiger partial charge in [0.05, 0.1) is 13.7 Å². The molecule has 0 bridgehead atoms. The molecule has 0 aliphatic heterocycles. The van der Waals surface area contributed by atoms with E-state index in [4.69, 9.17) is 9.40 Å². The van der Waals surface area contributed by atoms with Crippen LogP contribution in [0.4, 0.5) is 0 Å². The molecule has 8 rings (SSSR count). The minimum atomic E-state index is -1.39. The van der Waals surface area contributed by atoms with Gasteiger partial charge in [0.15, 0.2) is 0 Å². The summed E-state index contributed by atoms with van der Waals surface area (Å²) < 4.78 is 6.38. The van der Waals surface area contributed by atoms with Gasteiger partial charge in [-0.25, -0.2) is 0 Å². The number of pyridine rings is 2. The minimum Gasteiger partial charge on any atom is -0.501 e. The number of hydrogen-bond acceptors (Lipinski definition) is 3. The van der Waals surface area contributed by atoms with E-state index in [0.717, 1.165) is 56.4 Å². The third-order valence-electron chi connectivity index (χ3n) is 10.7. The Hall–Kier alpha value is -4.93. The van der Waals surface area contributed by atoms with Crippen molar-refractivity contribution in [3.8, 4) is 44.8 Å². The number of benzene rings is 5. The second-order valence-electron chi connectivity index (χ2n) is 16.7. The van der Waals surface area contributed by atoms with E-state index in [-0.39, 0.29) is 20.1 Å². The standard InChI is InChI=1S/C28H24NO.C24H28NSi.Ir/c1-18(2)19(3)21-14-15-29-26(16-21)25-11-7-10-24-23-13-12-22(17-27(23)30-28(24)25)20-8-5-4-6-9-20;1-18(2)15-22-16-23(25-17-24(22)26(3,4)5)21-13-11-20(12-14-21)19-9-7-6-8-10-19;/h4-10,12-19H,1-3H3;6-13,16-18H,15H2,1-5H3;/q2*-1;. The molecule has 57 heavy (non-hydrogen) atoms. The molecule has 5 aromatic carbocycles. The first kappa shape index (κ1) is 41.7. The summed E-state index contributed by atoms with van der Waals surface area (Å²) in [4.78, 5) is 9.43. The predicted octanol–water partition coefficient (Wildman–Crippen LogP) is 13.8. The van der Waals surface area contributed by atoms with E-state index in [2.05, 4.69) is 187 Å². The van der Waals surface area contributed by atoms with Crippen LogP contribution in [0, 0.1) is 24.0 Å². The SMILES string of the molecule is CC(C)C(C)c1ccnc(-c2[c-]ccc3c2oc2cc(-c4ccccc4)ccc23)c1.CC(C)Cc1cc(-c2[c-]cc(-c3ccccc3)cc2)ncc1[Si](C)(C)C.[Ir]. The van der Waals surface area contributed by atoms with Crippen molar-refractivity contribution in [3.63, 3.8) is 0 Å². The van der Waals surface area contributed by atoms with E-state index >= 15 is 0 Å². The largest absolute Gasteiger partial charge is 0.501 e. The van der Waals surface area contributed by atoms with Gasteiger partial charge in [-0.15, -0.1) is 48.0 Å². The zero-order valence-electron chi connectivity index (χ0n) is 34.4. The molecule has 0 amide bonds. The van der Waals surface area contributed by atoms with Crippen molar-refractivity contribution in [2.24, 2.45) is 11.8 Å². The fourth-order valence-electron chi connectivity index (χ4n) is 7.32. The molecule has 3 nitrogen and oxygen atoms in total. The summed E-state index contributed by atoms with van der Waals surface area (Å²) in [5, 5.41) is 3.70. The van der Waals surface area contributed by atoms with Crippen LogP contribution in [-0.4, -0.2) is 18.0 Å². The van der Waals surface area contributed by atoms with Crippen LogP contribution in [0.5, 0.6) is 0 Å². The van der Waals surface area contributed by atoms with Crippen molar-refractivity contribution in [1.29, 1.82) is 0 Å². The third kappa shape index (κ3) is 9.62. The van der Waals surface area contributed by atoms with E-state index in [1.54, 1.807) is 0 Å². The molecule has 3 aromatic heterocycles. The van der Waals surface area contributed by atoms with Gasteiger partial charge >= 0.3 is 0 Å². The molecule has 0 saturated carbocycles. The Labute approximate surface area is 354 Å². The molecular formula is C52H52IrN2OSi-2. The first-order chi connectivity index (χ1) is 27.0. The van der Waals surface area contributed by atoms with Crippen molar-refractivity contribution in [2.75, 3.05) is 0 Å². The quantitative estimate of drug-likeness (QED) is 0.107. The van der Waals surface area contributed by atoms with Gasteiger partial charge in [0.2, 0.25) is 0 Å². The van der Waals surface area contributed by atoms with E-state index in [0.29, 0.717) is 17.8 Å². The van der Waals surface area contributed by atoms with Crippen LogP contribution >= 0.6 is 0 Å². The zero-order chi connectivity index (χ0) is 39.4. The van der Waals surface area contributed by atoms with Gasteiger partial charge in [0, 0.05) is 37.9 Å². The molecule has 5 heteroatoms. The number of fused-ring (bicyclic) bond motifs is 3. The van der Waals surface area contributed by atoms with Crippen molar-refractivity contribution >= 4 is 35.2 Å². The van der Waals surface area contributed by atoms with Gasteiger partial charge in [-0.1, -0.05) is 172 Å². The molecule has 0 fully saturated rings. The number of rotatable bonds is 9. The Morgan fingerprint density at radius 2 is 1.33 bits per heavy atom. The Morgan fingerprint density at radius 3 is 1.96 bits per heavy atom. The van der Waals surface area contributed by atoms with Crippen LogP contribution in [0.2, 0.25) is 19.6 Å². The average molecular weight is 941 g/mol. The summed E-state index contributed by atoms with van der Waals surface area (Å²) >= 11 is 0. The Kier molecular flexibility index (Phi) is 13.2. The molecule has 1 radical (unpaired) electrons. The van der Waals surface area contributed by atoms with Gasteiger partial charge in [-0.2, -0.15) is 0 Å². The molecule has 1 atom stereocenters. The molecule has 0 saturated heterocycles. The van der Waals surface area contributed by atoms with Gasteiger partial charge in [-0.3, -0.25) is 0 Å². The van der Waals surface area contributed by atoms with Crippen molar-refractivity contribution < 1.29 is 24.5 Å². The van der Waals surface area contributed by atoms with Gasteiger partial charge in [0.1, 0.15) is 5.58 Å². The fraction of sp³-hybridized carbons (Fsp3) is 0.231. The number of nitrogens with zero attached hydrogens (tertiary/aromatic N) is 2. The van der Waals surface area contributed by atoms with Gasteiger partial charge in [0.25, 0.3) is 0 Å². The number of aromatic nitrogens is 2. The van der Waals surface area contributed by atoms with Crippen LogP contribution in [0.1, 0.15) is 51.7 Å². The topological polar surface area (TPSA) is 38.9 Å². The molecule has 3 heterocycles. The van der Waals surface area contributed by atoms with E-state index < -0.39 is 8.07 Å². The average Bonchev–Trinajstić information content (AvgIpc) is 3.59. The van der Waals surface area contributed by atoms with Crippen LogP contribution in [0.15, 0.2) is 144 Å². The Balaban J connectivity index is 0.000000192. The molecule has 0 N–H and O–H groups in total. The van der Waals surface area contributed by atoms with Gasteiger partial charge in [-0.05, 0) is 64.0 Å². The van der Waals surface area contributed by atoms with Crippen LogP contribution in [0.3, 0.4) is 0 Å². The van der Waals surface area contributed by atoms with Crippen molar-refractivity contribution in [3.05, 3.63) is 163 Å². The van der Waals surface area contributed by atoms with E-state index in [1.165, 1.54) is 33.0 Å². The minimum absolute atomic E-state index is 0. The van der Waals surface area contributed by atoms with E-state index in [9.17, 15) is 0 Å². The monoisotopic (exact) mass is 941 g/mol. The Morgan fingerprint density at radius 1 is 0.649 bits per heavy atom. The van der Waals surface area contributed by atoms with Crippen molar-refractivity contribution in [1.82, 2.24) is 9.97 Å². The number of furan rings is 1. The molecule has 1 unspecified atom stereocenters. The summed E-state index contributed by atoms with van der Waals surface area (Å²) in [6.07, 6.45) is 5.13. The maximum absolute atomic E-state index is 6.38. The van der Waals surface area contributed by atoms with E-state index in [1.807, 2.05) is 24.4 Å². The Bertz CT molecular complexity index is 2550. The molecule has 0 spiro atoms. The van der Waals surface area contributed by atoms with Crippen LogP contribution < -0.4 is 5.19 Å². The molecule has 0 aliphatic carbocycles. The second-order valence-corrected chi connectivity index (χ2v) is 21.8. The molecular weight excluding hydrogens is 889 g/mol. The molecule has 8 aromatic rings. The summed E-state index contributed by atoms with van der Waals surface area (Å²) in [5.41, 5.74) is 13.2. The third-order valence-corrected chi connectivity index (χ3v) is 12.8. The first-order valence-electron chi connectivity index (χ1n) is 19.9. The predicted molar refractivity (Wildman–Crippen MR) is 240 cm³/mol. The summed E-state index contributed by atoms with van der Waals surface area (Å²) in [5.74, 6) is 1.68. The summed E-state index contributed by atoms with van der Waals surface area (Å²) in [7, 11) is -1.39.